The molecule has 2 aromatic heterocycles. The Kier molecular flexibility index (Phi) is 4.62. The molecule has 1 aliphatic heterocycles. The summed E-state index contributed by atoms with van der Waals surface area (Å²) in [6.07, 6.45) is 5.94. The number of hydrogen-bond acceptors (Lipinski definition) is 5. The summed E-state index contributed by atoms with van der Waals surface area (Å²) in [4.78, 5) is 23.6. The average molecular weight is 333 g/mol. The molecular formula is C17H27N5O2. The highest BCUT2D eigenvalue weighted by Gasteiger charge is 2.32. The Morgan fingerprint density at radius 2 is 2.21 bits per heavy atom. The minimum absolute atomic E-state index is 0.101. The van der Waals surface area contributed by atoms with Crippen LogP contribution in [-0.2, 0) is 4.74 Å². The summed E-state index contributed by atoms with van der Waals surface area (Å²) in [6, 6.07) is 0. The lowest BCUT2D eigenvalue weighted by molar-refractivity contribution is -0.0152. The number of aromatic amines is 1. The van der Waals surface area contributed by atoms with Crippen molar-refractivity contribution in [1.82, 2.24) is 19.5 Å². The monoisotopic (exact) mass is 333 g/mol. The highest BCUT2D eigenvalue weighted by Crippen LogP contribution is 2.37. The van der Waals surface area contributed by atoms with E-state index >= 15 is 0 Å². The molecule has 1 unspecified atom stereocenters. The van der Waals surface area contributed by atoms with E-state index in [0.717, 1.165) is 25.7 Å². The first kappa shape index (κ1) is 17.0. The molecule has 0 saturated carbocycles. The second kappa shape index (κ2) is 6.55. The molecule has 3 heterocycles. The summed E-state index contributed by atoms with van der Waals surface area (Å²) in [5.74, 6) is 0.471. The number of fused-ring (bicyclic) bond motifs is 1. The molecule has 7 nitrogen and oxygen atoms in total. The number of anilines is 1. The van der Waals surface area contributed by atoms with Crippen LogP contribution in [-0.4, -0.2) is 32.2 Å². The van der Waals surface area contributed by atoms with E-state index in [4.69, 9.17) is 4.74 Å². The molecule has 0 bridgehead atoms. The van der Waals surface area contributed by atoms with E-state index in [-0.39, 0.29) is 23.3 Å². The molecule has 3 rings (SSSR count). The molecular weight excluding hydrogens is 306 g/mol. The van der Waals surface area contributed by atoms with Crippen molar-refractivity contribution in [2.75, 3.05) is 11.9 Å². The van der Waals surface area contributed by atoms with Crippen molar-refractivity contribution in [2.45, 2.75) is 65.7 Å². The fraction of sp³-hybridized carbons (Fsp3) is 0.706. The zero-order valence-electron chi connectivity index (χ0n) is 14.9. The summed E-state index contributed by atoms with van der Waals surface area (Å²) in [5, 5.41) is 3.05. The molecule has 7 heteroatoms. The Bertz CT molecular complexity index is 764. The Morgan fingerprint density at radius 1 is 1.42 bits per heavy atom. The van der Waals surface area contributed by atoms with Crippen molar-refractivity contribution < 1.29 is 4.74 Å². The SMILES string of the molecule is CCNc1nc2c(ncn2[C@H]2CCC(CC(C)(C)CC)O2)c(=O)[nH]1. The van der Waals surface area contributed by atoms with Gasteiger partial charge in [-0.05, 0) is 31.6 Å². The topological polar surface area (TPSA) is 84.8 Å². The van der Waals surface area contributed by atoms with Crippen LogP contribution in [0.2, 0.25) is 0 Å². The number of rotatable bonds is 6. The lowest BCUT2D eigenvalue weighted by atomic mass is 9.83. The number of aromatic nitrogens is 4. The molecule has 0 spiro atoms. The van der Waals surface area contributed by atoms with Gasteiger partial charge in [0.1, 0.15) is 6.23 Å². The Morgan fingerprint density at radius 3 is 2.92 bits per heavy atom. The van der Waals surface area contributed by atoms with Crippen LogP contribution in [0, 0.1) is 5.41 Å². The van der Waals surface area contributed by atoms with Crippen molar-refractivity contribution in [3.05, 3.63) is 16.7 Å². The maximum absolute atomic E-state index is 12.1. The van der Waals surface area contributed by atoms with Crippen LogP contribution >= 0.6 is 0 Å². The van der Waals surface area contributed by atoms with Crippen molar-refractivity contribution in [1.29, 1.82) is 0 Å². The van der Waals surface area contributed by atoms with Crippen LogP contribution < -0.4 is 10.9 Å². The Balaban J connectivity index is 1.84. The highest BCUT2D eigenvalue weighted by atomic mass is 16.5. The summed E-state index contributed by atoms with van der Waals surface area (Å²) >= 11 is 0. The molecule has 1 aliphatic rings. The largest absolute Gasteiger partial charge is 0.356 e. The molecule has 2 aromatic rings. The van der Waals surface area contributed by atoms with Gasteiger partial charge in [0.25, 0.3) is 5.56 Å². The molecule has 0 amide bonds. The Labute approximate surface area is 141 Å². The van der Waals surface area contributed by atoms with Crippen LogP contribution in [0.15, 0.2) is 11.1 Å². The van der Waals surface area contributed by atoms with Gasteiger partial charge in [-0.15, -0.1) is 0 Å². The van der Waals surface area contributed by atoms with Crippen LogP contribution in [0.1, 0.15) is 59.6 Å². The summed E-state index contributed by atoms with van der Waals surface area (Å²) < 4.78 is 8.13. The molecule has 2 N–H and O–H groups in total. The summed E-state index contributed by atoms with van der Waals surface area (Å²) in [5.41, 5.74) is 0.994. The minimum atomic E-state index is -0.226. The van der Waals surface area contributed by atoms with Gasteiger partial charge in [-0.2, -0.15) is 4.98 Å². The third-order valence-corrected chi connectivity index (χ3v) is 4.91. The number of ether oxygens (including phenoxy) is 1. The lowest BCUT2D eigenvalue weighted by Gasteiger charge is -2.26. The minimum Gasteiger partial charge on any atom is -0.356 e. The van der Waals surface area contributed by atoms with Gasteiger partial charge in [0.2, 0.25) is 5.95 Å². The van der Waals surface area contributed by atoms with E-state index < -0.39 is 0 Å². The molecule has 0 aromatic carbocycles. The second-order valence-corrected chi connectivity index (χ2v) is 7.28. The smallest absolute Gasteiger partial charge is 0.280 e. The predicted molar refractivity (Wildman–Crippen MR) is 94.1 cm³/mol. The molecule has 1 saturated heterocycles. The van der Waals surface area contributed by atoms with E-state index in [0.29, 0.717) is 23.7 Å². The van der Waals surface area contributed by atoms with Crippen LogP contribution in [0.4, 0.5) is 5.95 Å². The van der Waals surface area contributed by atoms with E-state index in [1.54, 1.807) is 6.33 Å². The molecule has 0 radical (unpaired) electrons. The molecule has 132 valence electrons. The Hall–Kier alpha value is -1.89. The van der Waals surface area contributed by atoms with Gasteiger partial charge >= 0.3 is 0 Å². The normalized spacial score (nSPS) is 21.5. The standard InChI is InChI=1S/C17H27N5O2/c1-5-17(3,4)9-11-7-8-12(24-11)22-10-19-13-14(22)20-16(18-6-2)21-15(13)23/h10-12H,5-9H2,1-4H3,(H2,18,20,21,23)/t11?,12-/m1/s1. The van der Waals surface area contributed by atoms with E-state index in [2.05, 4.69) is 41.0 Å². The predicted octanol–water partition coefficient (Wildman–Crippen LogP) is 3.06. The first-order valence-electron chi connectivity index (χ1n) is 8.79. The average Bonchev–Trinajstić information content (AvgIpc) is 3.14. The van der Waals surface area contributed by atoms with Crippen molar-refractivity contribution in [2.24, 2.45) is 5.41 Å². The lowest BCUT2D eigenvalue weighted by Crippen LogP contribution is -2.20. The van der Waals surface area contributed by atoms with Gasteiger partial charge in [0.05, 0.1) is 12.4 Å². The maximum Gasteiger partial charge on any atom is 0.280 e. The van der Waals surface area contributed by atoms with Gasteiger partial charge in [0, 0.05) is 6.54 Å². The van der Waals surface area contributed by atoms with Gasteiger partial charge < -0.3 is 10.1 Å². The maximum atomic E-state index is 12.1. The first-order valence-corrected chi connectivity index (χ1v) is 8.79. The number of nitrogens with one attached hydrogen (secondary N) is 2. The fourth-order valence-corrected chi connectivity index (χ4v) is 3.19. The third kappa shape index (κ3) is 3.31. The first-order chi connectivity index (χ1) is 11.4. The van der Waals surface area contributed by atoms with Gasteiger partial charge in [-0.1, -0.05) is 27.2 Å². The number of H-pyrrole nitrogens is 1. The number of hydrogen-bond donors (Lipinski definition) is 2. The second-order valence-electron chi connectivity index (χ2n) is 7.28. The quantitative estimate of drug-likeness (QED) is 0.848. The summed E-state index contributed by atoms with van der Waals surface area (Å²) in [6.45, 7) is 9.42. The molecule has 1 fully saturated rings. The number of nitrogens with zero attached hydrogens (tertiary/aromatic N) is 3. The van der Waals surface area contributed by atoms with Crippen LogP contribution in [0.25, 0.3) is 11.2 Å². The number of imidazole rings is 1. The van der Waals surface area contributed by atoms with Crippen LogP contribution in [0.5, 0.6) is 0 Å². The van der Waals surface area contributed by atoms with Crippen molar-refractivity contribution >= 4 is 17.1 Å². The zero-order chi connectivity index (χ0) is 17.3. The van der Waals surface area contributed by atoms with Crippen molar-refractivity contribution in [3.8, 4) is 0 Å². The van der Waals surface area contributed by atoms with Gasteiger partial charge in [-0.25, -0.2) is 4.98 Å². The van der Waals surface area contributed by atoms with Crippen LogP contribution in [0.3, 0.4) is 0 Å². The molecule has 0 aliphatic carbocycles. The third-order valence-electron chi connectivity index (χ3n) is 4.91. The molecule has 2 atom stereocenters. The van der Waals surface area contributed by atoms with E-state index in [9.17, 15) is 4.79 Å². The van der Waals surface area contributed by atoms with E-state index in [1.165, 1.54) is 0 Å². The van der Waals surface area contributed by atoms with Crippen molar-refractivity contribution in [3.63, 3.8) is 0 Å². The highest BCUT2D eigenvalue weighted by molar-refractivity contribution is 5.70. The molecule has 24 heavy (non-hydrogen) atoms. The fourth-order valence-electron chi connectivity index (χ4n) is 3.19. The van der Waals surface area contributed by atoms with Gasteiger partial charge in [-0.3, -0.25) is 14.3 Å². The van der Waals surface area contributed by atoms with Gasteiger partial charge in [0.15, 0.2) is 11.2 Å². The zero-order valence-corrected chi connectivity index (χ0v) is 14.9. The summed E-state index contributed by atoms with van der Waals surface area (Å²) in [7, 11) is 0. The van der Waals surface area contributed by atoms with E-state index in [1.807, 2.05) is 11.5 Å².